The Morgan fingerprint density at radius 1 is 1.48 bits per heavy atom. The minimum Gasteiger partial charge on any atom is -0.383 e. The molecule has 0 aliphatic heterocycles. The van der Waals surface area contributed by atoms with E-state index in [9.17, 15) is 4.79 Å². The molecule has 0 unspecified atom stereocenters. The maximum atomic E-state index is 12.8. The van der Waals surface area contributed by atoms with Gasteiger partial charge in [0.05, 0.1) is 18.7 Å². The molecule has 0 spiro atoms. The Balaban J connectivity index is 2.28. The minimum absolute atomic E-state index is 0.0378. The van der Waals surface area contributed by atoms with Gasteiger partial charge >= 0.3 is 0 Å². The third-order valence-electron chi connectivity index (χ3n) is 3.52. The van der Waals surface area contributed by atoms with Gasteiger partial charge in [-0.1, -0.05) is 17.9 Å². The number of amides is 1. The summed E-state index contributed by atoms with van der Waals surface area (Å²) in [4.78, 5) is 14.7. The minimum atomic E-state index is 0.0378. The number of nitrogens with two attached hydrogens (primary N) is 1. The van der Waals surface area contributed by atoms with Crippen LogP contribution in [0.25, 0.3) is 0 Å². The van der Waals surface area contributed by atoms with Crippen molar-refractivity contribution in [3.63, 3.8) is 0 Å². The molecule has 1 fully saturated rings. The number of ether oxygens (including phenoxy) is 1. The van der Waals surface area contributed by atoms with Crippen molar-refractivity contribution in [3.8, 4) is 11.8 Å². The molecule has 21 heavy (non-hydrogen) atoms. The number of hydrogen-bond acceptors (Lipinski definition) is 3. The number of rotatable bonds is 5. The highest BCUT2D eigenvalue weighted by Gasteiger charge is 2.33. The van der Waals surface area contributed by atoms with Crippen molar-refractivity contribution in [1.29, 1.82) is 0 Å². The summed E-state index contributed by atoms with van der Waals surface area (Å²) in [5, 5.41) is 0. The molecule has 4 nitrogen and oxygen atoms in total. The molecule has 1 aliphatic carbocycles. The second-order valence-electron chi connectivity index (χ2n) is 5.28. The van der Waals surface area contributed by atoms with Crippen molar-refractivity contribution >= 4 is 5.91 Å². The largest absolute Gasteiger partial charge is 0.383 e. The summed E-state index contributed by atoms with van der Waals surface area (Å²) >= 11 is 0. The first-order chi connectivity index (χ1) is 10.2. The predicted octanol–water partition coefficient (Wildman–Crippen LogP) is 1.56. The van der Waals surface area contributed by atoms with Crippen LogP contribution in [0.3, 0.4) is 0 Å². The van der Waals surface area contributed by atoms with Crippen molar-refractivity contribution in [2.45, 2.75) is 25.8 Å². The summed E-state index contributed by atoms with van der Waals surface area (Å²) < 4.78 is 5.11. The van der Waals surface area contributed by atoms with E-state index in [1.807, 2.05) is 30.0 Å². The van der Waals surface area contributed by atoms with Crippen LogP contribution < -0.4 is 5.73 Å². The summed E-state index contributed by atoms with van der Waals surface area (Å²) in [5.41, 5.74) is 7.94. The van der Waals surface area contributed by atoms with E-state index in [1.54, 1.807) is 7.11 Å². The van der Waals surface area contributed by atoms with Crippen LogP contribution in [0.5, 0.6) is 0 Å². The molecular formula is C17H22N2O2. The second-order valence-corrected chi connectivity index (χ2v) is 5.28. The number of nitrogens with zero attached hydrogens (tertiary/aromatic N) is 1. The molecule has 0 heterocycles. The lowest BCUT2D eigenvalue weighted by Gasteiger charge is -2.22. The molecular weight excluding hydrogens is 264 g/mol. The smallest absolute Gasteiger partial charge is 0.255 e. The van der Waals surface area contributed by atoms with Crippen LogP contribution in [-0.4, -0.2) is 43.7 Å². The highest BCUT2D eigenvalue weighted by atomic mass is 16.5. The van der Waals surface area contributed by atoms with Gasteiger partial charge < -0.3 is 15.4 Å². The fraction of sp³-hybridized carbons (Fsp3) is 0.471. The Hall–Kier alpha value is -1.83. The van der Waals surface area contributed by atoms with E-state index in [1.165, 1.54) is 0 Å². The van der Waals surface area contributed by atoms with Crippen LogP contribution in [-0.2, 0) is 4.74 Å². The number of methoxy groups -OCH3 is 1. The van der Waals surface area contributed by atoms with Gasteiger partial charge in [0.15, 0.2) is 0 Å². The van der Waals surface area contributed by atoms with Crippen LogP contribution in [0, 0.1) is 18.8 Å². The summed E-state index contributed by atoms with van der Waals surface area (Å²) in [6.07, 6.45) is 2.15. The molecule has 0 aromatic heterocycles. The molecule has 4 heteroatoms. The van der Waals surface area contributed by atoms with Gasteiger partial charge in [-0.2, -0.15) is 0 Å². The van der Waals surface area contributed by atoms with Gasteiger partial charge in [0, 0.05) is 25.3 Å². The van der Waals surface area contributed by atoms with Gasteiger partial charge in [-0.3, -0.25) is 4.79 Å². The van der Waals surface area contributed by atoms with E-state index in [-0.39, 0.29) is 12.5 Å². The average molecular weight is 286 g/mol. The Morgan fingerprint density at radius 3 is 2.86 bits per heavy atom. The first-order valence-electron chi connectivity index (χ1n) is 7.27. The lowest BCUT2D eigenvalue weighted by molar-refractivity contribution is 0.0680. The van der Waals surface area contributed by atoms with Crippen LogP contribution in [0.15, 0.2) is 18.2 Å². The molecule has 0 bridgehead atoms. The average Bonchev–Trinajstić information content (AvgIpc) is 3.30. The van der Waals surface area contributed by atoms with E-state index in [4.69, 9.17) is 10.5 Å². The summed E-state index contributed by atoms with van der Waals surface area (Å²) in [5.74, 6) is 5.89. The van der Waals surface area contributed by atoms with Gasteiger partial charge in [-0.05, 0) is 37.5 Å². The van der Waals surface area contributed by atoms with Crippen molar-refractivity contribution in [2.75, 3.05) is 26.8 Å². The van der Waals surface area contributed by atoms with E-state index in [0.29, 0.717) is 24.8 Å². The summed E-state index contributed by atoms with van der Waals surface area (Å²) in [6.45, 7) is 3.46. The Bertz CT molecular complexity index is 568. The maximum Gasteiger partial charge on any atom is 0.255 e. The first-order valence-corrected chi connectivity index (χ1v) is 7.27. The number of hydrogen-bond donors (Lipinski definition) is 1. The van der Waals surface area contributed by atoms with Gasteiger partial charge in [-0.25, -0.2) is 0 Å². The van der Waals surface area contributed by atoms with Gasteiger partial charge in [-0.15, -0.1) is 0 Å². The lowest BCUT2D eigenvalue weighted by atomic mass is 10.0. The van der Waals surface area contributed by atoms with E-state index >= 15 is 0 Å². The molecule has 1 aromatic rings. The lowest BCUT2D eigenvalue weighted by Crippen LogP contribution is -2.36. The second kappa shape index (κ2) is 7.26. The zero-order valence-electron chi connectivity index (χ0n) is 12.7. The molecule has 2 rings (SSSR count). The molecule has 0 atom stereocenters. The van der Waals surface area contributed by atoms with E-state index < -0.39 is 0 Å². The van der Waals surface area contributed by atoms with Crippen molar-refractivity contribution in [2.24, 2.45) is 5.73 Å². The molecule has 2 N–H and O–H groups in total. The standard InChI is InChI=1S/C17H22N2O2/c1-13-5-8-16(14(12-13)4-3-9-18)17(20)19(10-11-21-2)15-6-7-15/h5,8,12,15H,6-7,9-11,18H2,1-2H3. The quantitative estimate of drug-likeness (QED) is 0.836. The Morgan fingerprint density at radius 2 is 2.24 bits per heavy atom. The normalized spacial score (nSPS) is 13.5. The number of aryl methyl sites for hydroxylation is 1. The van der Waals surface area contributed by atoms with Gasteiger partial charge in [0.2, 0.25) is 0 Å². The SMILES string of the molecule is COCCN(C(=O)c1ccc(C)cc1C#CCN)C1CC1. The van der Waals surface area contributed by atoms with Crippen LogP contribution in [0.4, 0.5) is 0 Å². The molecule has 0 radical (unpaired) electrons. The third kappa shape index (κ3) is 4.07. The van der Waals surface area contributed by atoms with Crippen LogP contribution >= 0.6 is 0 Å². The molecule has 1 saturated carbocycles. The number of carbonyl (C=O) groups excluding carboxylic acids is 1. The number of benzene rings is 1. The zero-order valence-corrected chi connectivity index (χ0v) is 12.7. The monoisotopic (exact) mass is 286 g/mol. The summed E-state index contributed by atoms with van der Waals surface area (Å²) in [6, 6.07) is 6.10. The number of carbonyl (C=O) groups is 1. The highest BCUT2D eigenvalue weighted by molar-refractivity contribution is 5.97. The molecule has 112 valence electrons. The first kappa shape index (κ1) is 15.6. The predicted molar refractivity (Wildman–Crippen MR) is 83.0 cm³/mol. The highest BCUT2D eigenvalue weighted by Crippen LogP contribution is 2.28. The zero-order chi connectivity index (χ0) is 15.2. The van der Waals surface area contributed by atoms with E-state index in [0.717, 1.165) is 24.0 Å². The third-order valence-corrected chi connectivity index (χ3v) is 3.52. The maximum absolute atomic E-state index is 12.8. The fourth-order valence-corrected chi connectivity index (χ4v) is 2.27. The summed E-state index contributed by atoms with van der Waals surface area (Å²) in [7, 11) is 1.65. The molecule has 0 saturated heterocycles. The van der Waals surface area contributed by atoms with Crippen molar-refractivity contribution in [1.82, 2.24) is 4.90 Å². The van der Waals surface area contributed by atoms with Crippen molar-refractivity contribution in [3.05, 3.63) is 34.9 Å². The van der Waals surface area contributed by atoms with Gasteiger partial charge in [0.1, 0.15) is 0 Å². The Labute approximate surface area is 126 Å². The van der Waals surface area contributed by atoms with Crippen LogP contribution in [0.1, 0.15) is 34.3 Å². The topological polar surface area (TPSA) is 55.6 Å². The fourth-order valence-electron chi connectivity index (χ4n) is 2.27. The molecule has 1 amide bonds. The van der Waals surface area contributed by atoms with Gasteiger partial charge in [0.25, 0.3) is 5.91 Å². The van der Waals surface area contributed by atoms with E-state index in [2.05, 4.69) is 11.8 Å². The van der Waals surface area contributed by atoms with Crippen molar-refractivity contribution < 1.29 is 9.53 Å². The molecule has 1 aliphatic rings. The van der Waals surface area contributed by atoms with Crippen LogP contribution in [0.2, 0.25) is 0 Å². The Kier molecular flexibility index (Phi) is 5.38. The molecule has 1 aromatic carbocycles.